The van der Waals surface area contributed by atoms with Gasteiger partial charge in [-0.3, -0.25) is 9.59 Å². The van der Waals surface area contributed by atoms with Gasteiger partial charge in [0.15, 0.2) is 0 Å². The minimum absolute atomic E-state index is 0.0319. The van der Waals surface area contributed by atoms with Crippen molar-refractivity contribution in [2.75, 3.05) is 37.8 Å². The van der Waals surface area contributed by atoms with Crippen LogP contribution in [-0.4, -0.2) is 150 Å². The van der Waals surface area contributed by atoms with E-state index >= 15 is 0 Å². The molecule has 10 atom stereocenters. The third-order valence-corrected chi connectivity index (χ3v) is 8.50. The quantitative estimate of drug-likeness (QED) is 0.0818. The molecule has 0 bridgehead atoms. The van der Waals surface area contributed by atoms with Crippen molar-refractivity contribution in [3.05, 3.63) is 0 Å². The van der Waals surface area contributed by atoms with Crippen molar-refractivity contribution < 1.29 is 59.9 Å². The number of nitrogens with one attached hydrogen (secondary N) is 2. The number of hydrogen-bond donors (Lipinski definition) is 10. The highest BCUT2D eigenvalue weighted by Gasteiger charge is 2.44. The van der Waals surface area contributed by atoms with E-state index in [9.17, 15) is 50.4 Å². The molecule has 2 rings (SSSR count). The molecule has 2 heterocycles. The molecule has 2 saturated heterocycles. The Kier molecular flexibility index (Phi) is 15.1. The van der Waals surface area contributed by atoms with E-state index in [1.165, 1.54) is 0 Å². The second-order valence-electron chi connectivity index (χ2n) is 9.13. The van der Waals surface area contributed by atoms with Gasteiger partial charge in [-0.2, -0.15) is 0 Å². The summed E-state index contributed by atoms with van der Waals surface area (Å²) in [7, 11) is 0. The van der Waals surface area contributed by atoms with Crippen LogP contribution in [0.5, 0.6) is 0 Å². The number of thioether (sulfide) groups is 2. The van der Waals surface area contributed by atoms with E-state index in [4.69, 9.17) is 9.47 Å². The maximum atomic E-state index is 12.0. The Balaban J connectivity index is 1.49. The third-order valence-electron chi connectivity index (χ3n) is 6.20. The SMILES string of the molecule is O=C(CSC1OC(CO)[C@H](O)C(O)C1O)NCCCCCCNC(=O)CS[C@@H]1OC(CO)[C@H](O)C(O)C1O. The number of aliphatic hydroxyl groups is 8. The summed E-state index contributed by atoms with van der Waals surface area (Å²) < 4.78 is 10.7. The van der Waals surface area contributed by atoms with Gasteiger partial charge in [-0.05, 0) is 12.8 Å². The Labute approximate surface area is 229 Å². The van der Waals surface area contributed by atoms with Crippen LogP contribution in [0.4, 0.5) is 0 Å². The number of aliphatic hydroxyl groups excluding tert-OH is 8. The maximum absolute atomic E-state index is 12.0. The lowest BCUT2D eigenvalue weighted by Crippen LogP contribution is -2.57. The van der Waals surface area contributed by atoms with Crippen LogP contribution >= 0.6 is 23.5 Å². The van der Waals surface area contributed by atoms with E-state index in [0.29, 0.717) is 13.1 Å². The van der Waals surface area contributed by atoms with E-state index in [1.807, 2.05) is 0 Å². The highest BCUT2D eigenvalue weighted by Crippen LogP contribution is 2.29. The number of hydrogen-bond acceptors (Lipinski definition) is 14. The normalized spacial score (nSPS) is 35.6. The first-order valence-corrected chi connectivity index (χ1v) is 14.6. The third kappa shape index (κ3) is 10.0. The molecule has 38 heavy (non-hydrogen) atoms. The van der Waals surface area contributed by atoms with Gasteiger partial charge in [-0.25, -0.2) is 0 Å². The van der Waals surface area contributed by atoms with Gasteiger partial charge in [0.1, 0.15) is 59.7 Å². The fourth-order valence-corrected chi connectivity index (χ4v) is 5.88. The lowest BCUT2D eigenvalue weighted by molar-refractivity contribution is -0.205. The molecule has 2 aliphatic heterocycles. The minimum atomic E-state index is -1.48. The lowest BCUT2D eigenvalue weighted by Gasteiger charge is -2.39. The molecule has 7 unspecified atom stereocenters. The first-order chi connectivity index (χ1) is 18.1. The van der Waals surface area contributed by atoms with Gasteiger partial charge in [-0.15, -0.1) is 23.5 Å². The van der Waals surface area contributed by atoms with Crippen molar-refractivity contribution in [1.29, 1.82) is 0 Å². The van der Waals surface area contributed by atoms with Crippen molar-refractivity contribution in [3.8, 4) is 0 Å². The first kappa shape index (κ1) is 33.4. The second-order valence-corrected chi connectivity index (χ2v) is 11.3. The highest BCUT2D eigenvalue weighted by molar-refractivity contribution is 8.00. The molecule has 0 radical (unpaired) electrons. The fraction of sp³-hybridized carbons (Fsp3) is 0.909. The Hall–Kier alpha value is -0.760. The molecule has 2 amide bonds. The summed E-state index contributed by atoms with van der Waals surface area (Å²) in [5.41, 5.74) is -1.91. The summed E-state index contributed by atoms with van der Waals surface area (Å²) in [4.78, 5) is 24.0. The molecule has 0 saturated carbocycles. The Morgan fingerprint density at radius 3 is 1.29 bits per heavy atom. The number of unbranched alkanes of at least 4 members (excludes halogenated alkanes) is 3. The van der Waals surface area contributed by atoms with Crippen molar-refractivity contribution in [2.24, 2.45) is 0 Å². The Morgan fingerprint density at radius 1 is 0.579 bits per heavy atom. The van der Waals surface area contributed by atoms with Crippen LogP contribution in [0, 0.1) is 0 Å². The average Bonchev–Trinajstić information content (AvgIpc) is 2.91. The van der Waals surface area contributed by atoms with E-state index in [1.54, 1.807) is 0 Å². The number of carbonyl (C=O) groups excluding carboxylic acids is 2. The van der Waals surface area contributed by atoms with E-state index in [2.05, 4.69) is 10.6 Å². The van der Waals surface area contributed by atoms with Crippen LogP contribution in [0.1, 0.15) is 25.7 Å². The van der Waals surface area contributed by atoms with Gasteiger partial charge in [0.05, 0.1) is 24.7 Å². The van der Waals surface area contributed by atoms with Gasteiger partial charge in [0.25, 0.3) is 0 Å². The molecule has 0 aliphatic carbocycles. The molecule has 0 spiro atoms. The molecule has 222 valence electrons. The molecule has 0 aromatic rings. The molecule has 14 nitrogen and oxygen atoms in total. The first-order valence-electron chi connectivity index (χ1n) is 12.5. The Morgan fingerprint density at radius 2 is 0.947 bits per heavy atom. The van der Waals surface area contributed by atoms with Crippen LogP contribution in [0.2, 0.25) is 0 Å². The number of carbonyl (C=O) groups is 2. The maximum Gasteiger partial charge on any atom is 0.230 e. The van der Waals surface area contributed by atoms with Crippen LogP contribution < -0.4 is 10.6 Å². The summed E-state index contributed by atoms with van der Waals surface area (Å²) in [5.74, 6) is -0.627. The van der Waals surface area contributed by atoms with Crippen LogP contribution in [-0.2, 0) is 19.1 Å². The zero-order valence-corrected chi connectivity index (χ0v) is 22.5. The second kappa shape index (κ2) is 17.1. The standard InChI is InChI=1S/C22H40N2O12S2/c25-7-11-15(29)17(31)19(33)21(35-11)37-9-13(27)23-5-3-1-2-4-6-24-14(28)10-38-22-20(34)18(32)16(30)12(8-26)36-22/h11-12,15-22,25-26,29-34H,1-10H2,(H,23,27)(H,24,28)/t11?,12?,15-,16-,17?,18?,19?,20?,21-,22?/m0/s1. The molecular formula is C22H40N2O12S2. The van der Waals surface area contributed by atoms with Crippen molar-refractivity contribution in [1.82, 2.24) is 10.6 Å². The number of rotatable bonds is 15. The number of amides is 2. The van der Waals surface area contributed by atoms with Crippen LogP contribution in [0.25, 0.3) is 0 Å². The van der Waals surface area contributed by atoms with Crippen molar-refractivity contribution >= 4 is 35.3 Å². The largest absolute Gasteiger partial charge is 0.394 e. The molecule has 0 aromatic carbocycles. The van der Waals surface area contributed by atoms with Gasteiger partial charge in [0, 0.05) is 13.1 Å². The molecule has 0 aromatic heterocycles. The lowest BCUT2D eigenvalue weighted by atomic mass is 10.0. The summed E-state index contributed by atoms with van der Waals surface area (Å²) in [5, 5.41) is 83.0. The van der Waals surface area contributed by atoms with E-state index in [0.717, 1.165) is 49.2 Å². The summed E-state index contributed by atoms with van der Waals surface area (Å²) in [6.45, 7) is -0.176. The van der Waals surface area contributed by atoms with Gasteiger partial charge < -0.3 is 61.0 Å². The smallest absolute Gasteiger partial charge is 0.230 e. The van der Waals surface area contributed by atoms with Crippen LogP contribution in [0.15, 0.2) is 0 Å². The Bertz CT molecular complexity index is 664. The van der Waals surface area contributed by atoms with Crippen molar-refractivity contribution in [3.63, 3.8) is 0 Å². The molecule has 16 heteroatoms. The van der Waals surface area contributed by atoms with Gasteiger partial charge in [0.2, 0.25) is 11.8 Å². The average molecular weight is 589 g/mol. The van der Waals surface area contributed by atoms with E-state index in [-0.39, 0.29) is 23.3 Å². The predicted molar refractivity (Wildman–Crippen MR) is 137 cm³/mol. The van der Waals surface area contributed by atoms with Gasteiger partial charge in [-0.1, -0.05) is 12.8 Å². The molecule has 2 fully saturated rings. The minimum Gasteiger partial charge on any atom is -0.394 e. The van der Waals surface area contributed by atoms with Crippen LogP contribution in [0.3, 0.4) is 0 Å². The highest BCUT2D eigenvalue weighted by atomic mass is 32.2. The van der Waals surface area contributed by atoms with E-state index < -0.39 is 72.9 Å². The zero-order valence-electron chi connectivity index (χ0n) is 20.9. The van der Waals surface area contributed by atoms with Gasteiger partial charge >= 0.3 is 0 Å². The molecular weight excluding hydrogens is 548 g/mol. The molecule has 10 N–H and O–H groups in total. The fourth-order valence-electron chi connectivity index (χ4n) is 3.89. The summed E-state index contributed by atoms with van der Waals surface area (Å²) in [6.07, 6.45) is -7.58. The summed E-state index contributed by atoms with van der Waals surface area (Å²) >= 11 is 1.93. The number of ether oxygens (including phenoxy) is 2. The zero-order chi connectivity index (χ0) is 28.2. The van der Waals surface area contributed by atoms with Crippen molar-refractivity contribution in [2.45, 2.75) is 85.4 Å². The topological polar surface area (TPSA) is 238 Å². The summed E-state index contributed by atoms with van der Waals surface area (Å²) in [6, 6.07) is 0. The monoisotopic (exact) mass is 588 g/mol. The predicted octanol–water partition coefficient (Wildman–Crippen LogP) is -4.15. The molecule has 2 aliphatic rings.